The fourth-order valence-electron chi connectivity index (χ4n) is 3.33. The van der Waals surface area contributed by atoms with Crippen LogP contribution in [0.4, 0.5) is 0 Å². The summed E-state index contributed by atoms with van der Waals surface area (Å²) in [5, 5.41) is 5.79. The standard InChI is InChI=1S/C26H20ClN3O5S/c27-23-13-7-6-12-21(23)26(32)35-24-15-14-18-8-4-5-11-20(18)22(24)16-28-30-25(31)17-29-36(33,34)19-9-2-1-3-10-19/h1-16,29H,17H2,(H,30,31)/b28-16+. The molecule has 4 aromatic carbocycles. The molecule has 0 aliphatic heterocycles. The van der Waals surface area contributed by atoms with E-state index in [9.17, 15) is 18.0 Å². The fourth-order valence-corrected chi connectivity index (χ4v) is 4.55. The van der Waals surface area contributed by atoms with Gasteiger partial charge in [-0.1, -0.05) is 72.3 Å². The summed E-state index contributed by atoms with van der Waals surface area (Å²) in [6.07, 6.45) is 1.33. The van der Waals surface area contributed by atoms with E-state index in [1.807, 2.05) is 24.3 Å². The lowest BCUT2D eigenvalue weighted by Crippen LogP contribution is -2.34. The van der Waals surface area contributed by atoms with Gasteiger partial charge in [0.2, 0.25) is 10.0 Å². The predicted molar refractivity (Wildman–Crippen MR) is 138 cm³/mol. The molecule has 4 rings (SSSR count). The Hall–Kier alpha value is -4.05. The molecule has 0 heterocycles. The summed E-state index contributed by atoms with van der Waals surface area (Å²) in [6.45, 7) is -0.515. The molecule has 0 fully saturated rings. The Morgan fingerprint density at radius 2 is 1.58 bits per heavy atom. The van der Waals surface area contributed by atoms with Crippen LogP contribution >= 0.6 is 11.6 Å². The molecular weight excluding hydrogens is 502 g/mol. The first-order valence-electron chi connectivity index (χ1n) is 10.7. The van der Waals surface area contributed by atoms with Gasteiger partial charge in [0.15, 0.2) is 0 Å². The molecule has 0 spiro atoms. The molecule has 0 radical (unpaired) electrons. The maximum absolute atomic E-state index is 12.7. The first-order chi connectivity index (χ1) is 17.3. The van der Waals surface area contributed by atoms with Crippen LogP contribution in [0.5, 0.6) is 5.75 Å². The van der Waals surface area contributed by atoms with Gasteiger partial charge in [-0.2, -0.15) is 5.10 Å². The van der Waals surface area contributed by atoms with Crippen molar-refractivity contribution in [1.82, 2.24) is 10.1 Å². The summed E-state index contributed by atoms with van der Waals surface area (Å²) in [7, 11) is -3.84. The molecular formula is C26H20ClN3O5S. The molecule has 0 atom stereocenters. The SMILES string of the molecule is O=C(CNS(=O)(=O)c1ccccc1)N/N=C/c1c(OC(=O)c2ccccc2Cl)ccc2ccccc12. The molecule has 1 amide bonds. The van der Waals surface area contributed by atoms with E-state index in [1.54, 1.807) is 54.6 Å². The zero-order valence-corrected chi connectivity index (χ0v) is 20.3. The second-order valence-electron chi connectivity index (χ2n) is 7.50. The molecule has 0 unspecified atom stereocenters. The van der Waals surface area contributed by atoms with Crippen LogP contribution in [-0.4, -0.2) is 33.1 Å². The van der Waals surface area contributed by atoms with E-state index in [0.29, 0.717) is 5.56 Å². The third-order valence-electron chi connectivity index (χ3n) is 5.09. The third-order valence-corrected chi connectivity index (χ3v) is 6.83. The number of nitrogens with zero attached hydrogens (tertiary/aromatic N) is 1. The lowest BCUT2D eigenvalue weighted by molar-refractivity contribution is -0.119. The van der Waals surface area contributed by atoms with E-state index in [4.69, 9.17) is 16.3 Å². The minimum atomic E-state index is -3.84. The van der Waals surface area contributed by atoms with Gasteiger partial charge < -0.3 is 4.74 Å². The summed E-state index contributed by atoms with van der Waals surface area (Å²) in [5.74, 6) is -1.12. The van der Waals surface area contributed by atoms with Crippen molar-refractivity contribution >= 4 is 50.5 Å². The van der Waals surface area contributed by atoms with Crippen molar-refractivity contribution in [1.29, 1.82) is 0 Å². The van der Waals surface area contributed by atoms with Gasteiger partial charge in [-0.15, -0.1) is 0 Å². The Kier molecular flexibility index (Phi) is 7.74. The molecule has 0 saturated carbocycles. The van der Waals surface area contributed by atoms with E-state index in [1.165, 1.54) is 18.3 Å². The minimum Gasteiger partial charge on any atom is -0.422 e. The summed E-state index contributed by atoms with van der Waals surface area (Å²) < 4.78 is 32.4. The number of ether oxygens (including phenoxy) is 1. The second kappa shape index (κ2) is 11.1. The van der Waals surface area contributed by atoms with Gasteiger partial charge in [-0.25, -0.2) is 23.4 Å². The van der Waals surface area contributed by atoms with Crippen molar-refractivity contribution < 1.29 is 22.7 Å². The molecule has 10 heteroatoms. The van der Waals surface area contributed by atoms with Crippen LogP contribution in [0.25, 0.3) is 10.8 Å². The number of benzene rings is 4. The monoisotopic (exact) mass is 521 g/mol. The van der Waals surface area contributed by atoms with E-state index < -0.39 is 28.4 Å². The smallest absolute Gasteiger partial charge is 0.345 e. The van der Waals surface area contributed by atoms with Crippen LogP contribution in [0.3, 0.4) is 0 Å². The highest BCUT2D eigenvalue weighted by Gasteiger charge is 2.17. The molecule has 0 aromatic heterocycles. The fraction of sp³-hybridized carbons (Fsp3) is 0.0385. The molecule has 0 saturated heterocycles. The lowest BCUT2D eigenvalue weighted by Gasteiger charge is -2.11. The first kappa shape index (κ1) is 25.1. The van der Waals surface area contributed by atoms with Crippen LogP contribution in [0.15, 0.2) is 101 Å². The van der Waals surface area contributed by atoms with E-state index >= 15 is 0 Å². The molecule has 36 heavy (non-hydrogen) atoms. The first-order valence-corrected chi connectivity index (χ1v) is 12.6. The van der Waals surface area contributed by atoms with Gasteiger partial charge in [-0.3, -0.25) is 4.79 Å². The predicted octanol–water partition coefficient (Wildman–Crippen LogP) is 4.14. The van der Waals surface area contributed by atoms with Crippen molar-refractivity contribution in [2.45, 2.75) is 4.90 Å². The molecule has 4 aromatic rings. The van der Waals surface area contributed by atoms with Crippen molar-refractivity contribution in [2.24, 2.45) is 5.10 Å². The maximum atomic E-state index is 12.7. The third kappa shape index (κ3) is 5.95. The quantitative estimate of drug-likeness (QED) is 0.156. The number of hydrogen-bond acceptors (Lipinski definition) is 6. The maximum Gasteiger partial charge on any atom is 0.345 e. The Labute approximate surface area is 212 Å². The van der Waals surface area contributed by atoms with Crippen LogP contribution in [0.2, 0.25) is 5.02 Å². The van der Waals surface area contributed by atoms with Gasteiger partial charge in [0, 0.05) is 5.56 Å². The summed E-state index contributed by atoms with van der Waals surface area (Å²) in [6, 6.07) is 25.0. The molecule has 8 nitrogen and oxygen atoms in total. The number of carbonyl (C=O) groups excluding carboxylic acids is 2. The minimum absolute atomic E-state index is 0.0435. The number of carbonyl (C=O) groups is 2. The number of fused-ring (bicyclic) bond motifs is 1. The number of hydrogen-bond donors (Lipinski definition) is 2. The lowest BCUT2D eigenvalue weighted by atomic mass is 10.0. The zero-order valence-electron chi connectivity index (χ0n) is 18.7. The van der Waals surface area contributed by atoms with E-state index in [-0.39, 0.29) is 21.2 Å². The van der Waals surface area contributed by atoms with Gasteiger partial charge in [0.05, 0.1) is 28.2 Å². The van der Waals surface area contributed by atoms with Crippen LogP contribution in [0.1, 0.15) is 15.9 Å². The van der Waals surface area contributed by atoms with Gasteiger partial charge in [0.25, 0.3) is 5.91 Å². The second-order valence-corrected chi connectivity index (χ2v) is 9.67. The van der Waals surface area contributed by atoms with Crippen LogP contribution in [0, 0.1) is 0 Å². The zero-order chi connectivity index (χ0) is 25.5. The Balaban J connectivity index is 1.51. The largest absolute Gasteiger partial charge is 0.422 e. The highest BCUT2D eigenvalue weighted by atomic mass is 35.5. The summed E-state index contributed by atoms with van der Waals surface area (Å²) in [5.41, 5.74) is 2.93. The van der Waals surface area contributed by atoms with Gasteiger partial charge in [0.1, 0.15) is 5.75 Å². The number of hydrazone groups is 1. The topological polar surface area (TPSA) is 114 Å². The number of esters is 1. The van der Waals surface area contributed by atoms with E-state index in [2.05, 4.69) is 15.2 Å². The highest BCUT2D eigenvalue weighted by molar-refractivity contribution is 7.89. The van der Waals surface area contributed by atoms with Gasteiger partial charge in [-0.05, 0) is 41.1 Å². The number of nitrogens with one attached hydrogen (secondary N) is 2. The number of rotatable bonds is 8. The average molecular weight is 522 g/mol. The molecule has 0 aliphatic carbocycles. The van der Waals surface area contributed by atoms with Crippen molar-refractivity contribution in [3.8, 4) is 5.75 Å². The summed E-state index contributed by atoms with van der Waals surface area (Å²) >= 11 is 6.12. The number of sulfonamides is 1. The molecule has 182 valence electrons. The van der Waals surface area contributed by atoms with E-state index in [0.717, 1.165) is 10.8 Å². The molecule has 0 aliphatic rings. The highest BCUT2D eigenvalue weighted by Crippen LogP contribution is 2.28. The average Bonchev–Trinajstić information content (AvgIpc) is 2.89. The Morgan fingerprint density at radius 1 is 0.889 bits per heavy atom. The Bertz CT molecular complexity index is 1560. The number of amides is 1. The van der Waals surface area contributed by atoms with Gasteiger partial charge >= 0.3 is 5.97 Å². The molecule has 0 bridgehead atoms. The molecule has 2 N–H and O–H groups in total. The Morgan fingerprint density at radius 3 is 2.36 bits per heavy atom. The number of halogens is 1. The van der Waals surface area contributed by atoms with Crippen molar-refractivity contribution in [3.05, 3.63) is 107 Å². The van der Waals surface area contributed by atoms with Crippen molar-refractivity contribution in [2.75, 3.05) is 6.54 Å². The summed E-state index contributed by atoms with van der Waals surface area (Å²) in [4.78, 5) is 25.0. The van der Waals surface area contributed by atoms with Crippen LogP contribution in [-0.2, 0) is 14.8 Å². The van der Waals surface area contributed by atoms with Crippen LogP contribution < -0.4 is 14.9 Å². The normalized spacial score (nSPS) is 11.5. The van der Waals surface area contributed by atoms with Crippen molar-refractivity contribution in [3.63, 3.8) is 0 Å².